The monoisotopic (exact) mass is 258 g/mol. The normalized spacial score (nSPS) is 21.9. The van der Waals surface area contributed by atoms with Gasteiger partial charge in [-0.05, 0) is 49.9 Å². The van der Waals surface area contributed by atoms with Gasteiger partial charge < -0.3 is 10.6 Å². The summed E-state index contributed by atoms with van der Waals surface area (Å²) in [5.74, 6) is 0.242. The molecule has 1 amide bonds. The molecule has 0 aromatic heterocycles. The Balaban J connectivity index is 1.63. The minimum Gasteiger partial charge on any atom is -0.352 e. The van der Waals surface area contributed by atoms with Crippen molar-refractivity contribution in [3.8, 4) is 0 Å². The molecule has 1 aliphatic heterocycles. The Hall–Kier alpha value is -1.35. The van der Waals surface area contributed by atoms with E-state index in [-0.39, 0.29) is 17.4 Å². The maximum atomic E-state index is 12.5. The molecule has 102 valence electrons. The molecule has 0 saturated carbocycles. The number of amides is 1. The summed E-state index contributed by atoms with van der Waals surface area (Å²) in [6.45, 7) is 4.01. The molecule has 1 aliphatic carbocycles. The van der Waals surface area contributed by atoms with Crippen LogP contribution in [-0.4, -0.2) is 25.0 Å². The van der Waals surface area contributed by atoms with Crippen LogP contribution in [-0.2, 0) is 17.6 Å². The molecule has 1 aromatic rings. The topological polar surface area (TPSA) is 41.1 Å². The highest BCUT2D eigenvalue weighted by atomic mass is 16.2. The Morgan fingerprint density at radius 1 is 1.21 bits per heavy atom. The van der Waals surface area contributed by atoms with Crippen molar-refractivity contribution in [1.29, 1.82) is 0 Å². The summed E-state index contributed by atoms with van der Waals surface area (Å²) in [5, 5.41) is 6.59. The van der Waals surface area contributed by atoms with Gasteiger partial charge in [0.15, 0.2) is 0 Å². The molecule has 1 saturated heterocycles. The number of nitrogens with one attached hydrogen (secondary N) is 2. The van der Waals surface area contributed by atoms with E-state index in [1.54, 1.807) is 0 Å². The third kappa shape index (κ3) is 2.52. The number of piperidine rings is 1. The summed E-state index contributed by atoms with van der Waals surface area (Å²) in [4.78, 5) is 12.5. The van der Waals surface area contributed by atoms with Crippen molar-refractivity contribution in [2.75, 3.05) is 13.1 Å². The minimum absolute atomic E-state index is 0.181. The van der Waals surface area contributed by atoms with Gasteiger partial charge in [-0.15, -0.1) is 0 Å². The molecule has 1 heterocycles. The van der Waals surface area contributed by atoms with Crippen LogP contribution in [0.15, 0.2) is 24.3 Å². The van der Waals surface area contributed by atoms with Crippen LogP contribution in [0.2, 0.25) is 0 Å². The molecule has 3 nitrogen and oxygen atoms in total. The number of hydrogen-bond acceptors (Lipinski definition) is 2. The molecule has 3 rings (SSSR count). The van der Waals surface area contributed by atoms with Gasteiger partial charge in [0.2, 0.25) is 5.91 Å². The zero-order valence-electron chi connectivity index (χ0n) is 11.5. The van der Waals surface area contributed by atoms with Crippen LogP contribution >= 0.6 is 0 Å². The van der Waals surface area contributed by atoms with E-state index in [9.17, 15) is 4.79 Å². The SMILES string of the molecule is CC1(C(=O)NC2Cc3ccccc3C2)CCNCC1. The molecular formula is C16H22N2O. The molecule has 1 aromatic carbocycles. The fourth-order valence-corrected chi connectivity index (χ4v) is 3.23. The van der Waals surface area contributed by atoms with Gasteiger partial charge in [0.05, 0.1) is 0 Å². The first-order chi connectivity index (χ1) is 9.17. The lowest BCUT2D eigenvalue weighted by molar-refractivity contribution is -0.132. The fraction of sp³-hybridized carbons (Fsp3) is 0.562. The van der Waals surface area contributed by atoms with Gasteiger partial charge in [-0.2, -0.15) is 0 Å². The standard InChI is InChI=1S/C16H22N2O/c1-16(6-8-17-9-7-16)15(19)18-14-10-12-4-2-3-5-13(12)11-14/h2-5,14,17H,6-11H2,1H3,(H,18,19). The largest absolute Gasteiger partial charge is 0.352 e. The van der Waals surface area contributed by atoms with Crippen LogP contribution in [0, 0.1) is 5.41 Å². The Morgan fingerprint density at radius 2 is 1.79 bits per heavy atom. The fourth-order valence-electron chi connectivity index (χ4n) is 3.23. The molecule has 0 radical (unpaired) electrons. The van der Waals surface area contributed by atoms with Crippen molar-refractivity contribution >= 4 is 5.91 Å². The van der Waals surface area contributed by atoms with Crippen molar-refractivity contribution in [3.63, 3.8) is 0 Å². The quantitative estimate of drug-likeness (QED) is 0.847. The van der Waals surface area contributed by atoms with Crippen LogP contribution in [0.25, 0.3) is 0 Å². The van der Waals surface area contributed by atoms with E-state index in [0.717, 1.165) is 38.8 Å². The molecule has 0 unspecified atom stereocenters. The highest BCUT2D eigenvalue weighted by molar-refractivity contribution is 5.82. The van der Waals surface area contributed by atoms with Crippen LogP contribution in [0.3, 0.4) is 0 Å². The molecule has 19 heavy (non-hydrogen) atoms. The van der Waals surface area contributed by atoms with Crippen molar-refractivity contribution in [3.05, 3.63) is 35.4 Å². The summed E-state index contributed by atoms with van der Waals surface area (Å²) >= 11 is 0. The van der Waals surface area contributed by atoms with E-state index in [0.29, 0.717) is 0 Å². The number of hydrogen-bond donors (Lipinski definition) is 2. The lowest BCUT2D eigenvalue weighted by Gasteiger charge is -2.33. The molecule has 1 fully saturated rings. The van der Waals surface area contributed by atoms with Gasteiger partial charge in [0.1, 0.15) is 0 Å². The first kappa shape index (κ1) is 12.7. The summed E-state index contributed by atoms with van der Waals surface area (Å²) in [5.41, 5.74) is 2.60. The number of benzene rings is 1. The van der Waals surface area contributed by atoms with E-state index in [1.165, 1.54) is 11.1 Å². The van der Waals surface area contributed by atoms with E-state index in [2.05, 4.69) is 41.8 Å². The Kier molecular flexibility index (Phi) is 3.31. The second-order valence-corrected chi connectivity index (χ2v) is 6.16. The molecule has 2 aliphatic rings. The molecule has 0 atom stereocenters. The smallest absolute Gasteiger partial charge is 0.226 e. The van der Waals surface area contributed by atoms with E-state index < -0.39 is 0 Å². The lowest BCUT2D eigenvalue weighted by Crippen LogP contribution is -2.49. The molecule has 3 heteroatoms. The summed E-state index contributed by atoms with van der Waals surface area (Å²) in [6.07, 6.45) is 3.85. The predicted octanol–water partition coefficient (Wildman–Crippen LogP) is 1.66. The summed E-state index contributed by atoms with van der Waals surface area (Å²) in [7, 11) is 0. The molecule has 0 spiro atoms. The Bertz CT molecular complexity index is 452. The number of carbonyl (C=O) groups excluding carboxylic acids is 1. The Labute approximate surface area is 114 Å². The van der Waals surface area contributed by atoms with Crippen molar-refractivity contribution in [1.82, 2.24) is 10.6 Å². The van der Waals surface area contributed by atoms with Gasteiger partial charge in [-0.25, -0.2) is 0 Å². The first-order valence-electron chi connectivity index (χ1n) is 7.26. The molecular weight excluding hydrogens is 236 g/mol. The van der Waals surface area contributed by atoms with Crippen molar-refractivity contribution in [2.45, 2.75) is 38.6 Å². The zero-order chi connectivity index (χ0) is 13.3. The number of fused-ring (bicyclic) bond motifs is 1. The minimum atomic E-state index is -0.181. The van der Waals surface area contributed by atoms with Gasteiger partial charge in [-0.3, -0.25) is 4.79 Å². The molecule has 2 N–H and O–H groups in total. The van der Waals surface area contributed by atoms with Gasteiger partial charge in [0, 0.05) is 11.5 Å². The van der Waals surface area contributed by atoms with Crippen LogP contribution in [0.4, 0.5) is 0 Å². The number of rotatable bonds is 2. The predicted molar refractivity (Wildman–Crippen MR) is 76.0 cm³/mol. The average Bonchev–Trinajstić information content (AvgIpc) is 2.81. The number of carbonyl (C=O) groups is 1. The average molecular weight is 258 g/mol. The highest BCUT2D eigenvalue weighted by Gasteiger charge is 2.36. The Morgan fingerprint density at radius 3 is 2.37 bits per heavy atom. The second-order valence-electron chi connectivity index (χ2n) is 6.16. The van der Waals surface area contributed by atoms with Gasteiger partial charge in [0.25, 0.3) is 0 Å². The van der Waals surface area contributed by atoms with Crippen LogP contribution in [0.5, 0.6) is 0 Å². The van der Waals surface area contributed by atoms with Gasteiger partial charge in [-0.1, -0.05) is 31.2 Å². The highest BCUT2D eigenvalue weighted by Crippen LogP contribution is 2.29. The lowest BCUT2D eigenvalue weighted by atomic mass is 9.80. The maximum Gasteiger partial charge on any atom is 0.226 e. The third-order valence-corrected chi connectivity index (χ3v) is 4.64. The molecule has 0 bridgehead atoms. The maximum absolute atomic E-state index is 12.5. The summed E-state index contributed by atoms with van der Waals surface area (Å²) in [6, 6.07) is 8.80. The summed E-state index contributed by atoms with van der Waals surface area (Å²) < 4.78 is 0. The van der Waals surface area contributed by atoms with E-state index >= 15 is 0 Å². The van der Waals surface area contributed by atoms with Crippen LogP contribution in [0.1, 0.15) is 30.9 Å². The second kappa shape index (κ2) is 4.97. The van der Waals surface area contributed by atoms with Crippen LogP contribution < -0.4 is 10.6 Å². The van der Waals surface area contributed by atoms with Gasteiger partial charge >= 0.3 is 0 Å². The van der Waals surface area contributed by atoms with E-state index in [1.807, 2.05) is 0 Å². The van der Waals surface area contributed by atoms with E-state index in [4.69, 9.17) is 0 Å². The van der Waals surface area contributed by atoms with Crippen molar-refractivity contribution < 1.29 is 4.79 Å². The third-order valence-electron chi connectivity index (χ3n) is 4.64. The first-order valence-corrected chi connectivity index (χ1v) is 7.26. The zero-order valence-corrected chi connectivity index (χ0v) is 11.5. The van der Waals surface area contributed by atoms with Crippen molar-refractivity contribution in [2.24, 2.45) is 5.41 Å².